The number of hydrogen-bond acceptors (Lipinski definition) is 3. The molecule has 0 radical (unpaired) electrons. The van der Waals surface area contributed by atoms with Crippen LogP contribution in [-0.2, 0) is 13.6 Å². The number of nitrogens with one attached hydrogen (secondary N) is 1. The highest BCUT2D eigenvalue weighted by molar-refractivity contribution is 6.30. The standard InChI is InChI=1S/C16H27ClN4/c1-11-7-8-18-16(3,13-5-6-13)10-21(11)9-14-12(2)19-20(4)15(14)17/h11,13,18H,5-10H2,1-4H3. The molecule has 118 valence electrons. The van der Waals surface area contributed by atoms with E-state index in [0.717, 1.165) is 36.4 Å². The van der Waals surface area contributed by atoms with Gasteiger partial charge in [-0.1, -0.05) is 11.6 Å². The second-order valence-corrected chi connectivity index (χ2v) is 7.50. The van der Waals surface area contributed by atoms with Crippen molar-refractivity contribution in [1.82, 2.24) is 20.0 Å². The van der Waals surface area contributed by atoms with Crippen molar-refractivity contribution in [2.75, 3.05) is 13.1 Å². The van der Waals surface area contributed by atoms with Gasteiger partial charge in [0.15, 0.2) is 0 Å². The molecule has 1 aromatic rings. The Kier molecular flexibility index (Phi) is 4.06. The highest BCUT2D eigenvalue weighted by Gasteiger charge is 2.44. The minimum absolute atomic E-state index is 0.257. The van der Waals surface area contributed by atoms with Gasteiger partial charge in [-0.2, -0.15) is 5.10 Å². The van der Waals surface area contributed by atoms with Gasteiger partial charge in [-0.25, -0.2) is 0 Å². The monoisotopic (exact) mass is 310 g/mol. The number of halogens is 1. The number of aromatic nitrogens is 2. The fourth-order valence-electron chi connectivity index (χ4n) is 3.65. The van der Waals surface area contributed by atoms with Crippen molar-refractivity contribution in [1.29, 1.82) is 0 Å². The molecule has 0 bridgehead atoms. The van der Waals surface area contributed by atoms with Gasteiger partial charge >= 0.3 is 0 Å². The summed E-state index contributed by atoms with van der Waals surface area (Å²) in [4.78, 5) is 2.59. The Balaban J connectivity index is 1.81. The Labute approximate surface area is 132 Å². The van der Waals surface area contributed by atoms with Gasteiger partial charge in [-0.3, -0.25) is 9.58 Å². The van der Waals surface area contributed by atoms with Crippen molar-refractivity contribution < 1.29 is 0 Å². The van der Waals surface area contributed by atoms with E-state index in [0.29, 0.717) is 6.04 Å². The van der Waals surface area contributed by atoms with Gasteiger partial charge in [-0.05, 0) is 52.5 Å². The highest BCUT2D eigenvalue weighted by Crippen LogP contribution is 2.41. The maximum atomic E-state index is 6.43. The molecule has 4 nitrogen and oxygen atoms in total. The number of aryl methyl sites for hydroxylation is 2. The summed E-state index contributed by atoms with van der Waals surface area (Å²) >= 11 is 6.43. The SMILES string of the molecule is Cc1nn(C)c(Cl)c1CN1CC(C)(C2CC2)NCCC1C. The zero-order valence-electron chi connectivity index (χ0n) is 13.6. The first-order valence-corrected chi connectivity index (χ1v) is 8.45. The molecule has 21 heavy (non-hydrogen) atoms. The molecular formula is C16H27ClN4. The summed E-state index contributed by atoms with van der Waals surface area (Å²) in [6.07, 6.45) is 3.94. The van der Waals surface area contributed by atoms with E-state index >= 15 is 0 Å². The molecule has 1 aliphatic heterocycles. The summed E-state index contributed by atoms with van der Waals surface area (Å²) < 4.78 is 1.78. The summed E-state index contributed by atoms with van der Waals surface area (Å²) in [6, 6.07) is 0.578. The summed E-state index contributed by atoms with van der Waals surface area (Å²) in [6.45, 7) is 9.91. The van der Waals surface area contributed by atoms with Gasteiger partial charge in [0.2, 0.25) is 0 Å². The molecule has 0 amide bonds. The van der Waals surface area contributed by atoms with Crippen molar-refractivity contribution in [2.45, 2.75) is 58.2 Å². The van der Waals surface area contributed by atoms with Gasteiger partial charge < -0.3 is 5.32 Å². The van der Waals surface area contributed by atoms with Gasteiger partial charge in [0.25, 0.3) is 0 Å². The van der Waals surface area contributed by atoms with E-state index in [-0.39, 0.29) is 5.54 Å². The van der Waals surface area contributed by atoms with E-state index in [1.165, 1.54) is 24.8 Å². The van der Waals surface area contributed by atoms with Gasteiger partial charge in [-0.15, -0.1) is 0 Å². The third kappa shape index (κ3) is 2.99. The lowest BCUT2D eigenvalue weighted by atomic mass is 9.95. The first kappa shape index (κ1) is 15.3. The van der Waals surface area contributed by atoms with E-state index in [4.69, 9.17) is 11.6 Å². The lowest BCUT2D eigenvalue weighted by Crippen LogP contribution is -2.51. The van der Waals surface area contributed by atoms with Crippen LogP contribution in [0.4, 0.5) is 0 Å². The molecule has 2 aliphatic rings. The Morgan fingerprint density at radius 1 is 1.38 bits per heavy atom. The summed E-state index contributed by atoms with van der Waals surface area (Å²) in [5.74, 6) is 0.843. The molecule has 1 aliphatic carbocycles. The maximum Gasteiger partial charge on any atom is 0.131 e. The van der Waals surface area contributed by atoms with Crippen LogP contribution in [0.1, 0.15) is 44.4 Å². The van der Waals surface area contributed by atoms with Crippen LogP contribution in [0.2, 0.25) is 5.15 Å². The van der Waals surface area contributed by atoms with Crippen molar-refractivity contribution >= 4 is 11.6 Å². The average molecular weight is 311 g/mol. The zero-order valence-corrected chi connectivity index (χ0v) is 14.4. The molecule has 0 spiro atoms. The Bertz CT molecular complexity index is 523. The van der Waals surface area contributed by atoms with Crippen molar-refractivity contribution in [2.24, 2.45) is 13.0 Å². The van der Waals surface area contributed by atoms with E-state index in [9.17, 15) is 0 Å². The quantitative estimate of drug-likeness (QED) is 0.932. The predicted molar refractivity (Wildman–Crippen MR) is 86.6 cm³/mol. The molecular weight excluding hydrogens is 284 g/mol. The second-order valence-electron chi connectivity index (χ2n) is 7.14. The Morgan fingerprint density at radius 2 is 2.10 bits per heavy atom. The molecule has 2 heterocycles. The first-order valence-electron chi connectivity index (χ1n) is 8.08. The summed E-state index contributed by atoms with van der Waals surface area (Å²) in [5.41, 5.74) is 2.50. The molecule has 1 aromatic heterocycles. The van der Waals surface area contributed by atoms with E-state index in [1.807, 2.05) is 7.05 Å². The number of rotatable bonds is 3. The van der Waals surface area contributed by atoms with Crippen molar-refractivity contribution in [3.05, 3.63) is 16.4 Å². The smallest absolute Gasteiger partial charge is 0.131 e. The zero-order chi connectivity index (χ0) is 15.2. The van der Waals surface area contributed by atoms with Crippen LogP contribution in [0.5, 0.6) is 0 Å². The molecule has 3 rings (SSSR count). The van der Waals surface area contributed by atoms with Gasteiger partial charge in [0.1, 0.15) is 5.15 Å². The van der Waals surface area contributed by atoms with Crippen LogP contribution in [0.3, 0.4) is 0 Å². The fraction of sp³-hybridized carbons (Fsp3) is 0.812. The predicted octanol–water partition coefficient (Wildman–Crippen LogP) is 2.73. The molecule has 1 N–H and O–H groups in total. The molecule has 2 unspecified atom stereocenters. The van der Waals surface area contributed by atoms with Crippen LogP contribution in [-0.4, -0.2) is 39.4 Å². The van der Waals surface area contributed by atoms with E-state index in [1.54, 1.807) is 4.68 Å². The van der Waals surface area contributed by atoms with E-state index in [2.05, 4.69) is 36.1 Å². The Morgan fingerprint density at radius 3 is 2.67 bits per heavy atom. The van der Waals surface area contributed by atoms with Crippen molar-refractivity contribution in [3.63, 3.8) is 0 Å². The van der Waals surface area contributed by atoms with Crippen LogP contribution in [0.15, 0.2) is 0 Å². The van der Waals surface area contributed by atoms with Crippen LogP contribution in [0.25, 0.3) is 0 Å². The van der Waals surface area contributed by atoms with Crippen LogP contribution >= 0.6 is 11.6 Å². The van der Waals surface area contributed by atoms with Crippen molar-refractivity contribution in [3.8, 4) is 0 Å². The van der Waals surface area contributed by atoms with Crippen LogP contribution < -0.4 is 5.32 Å². The Hall–Kier alpha value is -0.580. The topological polar surface area (TPSA) is 33.1 Å². The lowest BCUT2D eigenvalue weighted by Gasteiger charge is -2.36. The molecule has 1 saturated carbocycles. The number of nitrogens with zero attached hydrogens (tertiary/aromatic N) is 3. The van der Waals surface area contributed by atoms with Crippen LogP contribution in [0, 0.1) is 12.8 Å². The molecule has 2 atom stereocenters. The van der Waals surface area contributed by atoms with Gasteiger partial charge in [0.05, 0.1) is 5.69 Å². The normalized spacial score (nSPS) is 31.4. The third-order valence-electron chi connectivity index (χ3n) is 5.36. The second kappa shape index (κ2) is 5.56. The minimum atomic E-state index is 0.257. The van der Waals surface area contributed by atoms with E-state index < -0.39 is 0 Å². The molecule has 5 heteroatoms. The summed E-state index contributed by atoms with van der Waals surface area (Å²) in [7, 11) is 1.92. The fourth-order valence-corrected chi connectivity index (χ4v) is 3.88. The average Bonchev–Trinajstić information content (AvgIpc) is 3.23. The van der Waals surface area contributed by atoms with Gasteiger partial charge in [0, 0.05) is 37.3 Å². The third-order valence-corrected chi connectivity index (χ3v) is 5.83. The molecule has 2 fully saturated rings. The molecule has 0 aromatic carbocycles. The molecule has 1 saturated heterocycles. The number of hydrogen-bond donors (Lipinski definition) is 1. The lowest BCUT2D eigenvalue weighted by molar-refractivity contribution is 0.154. The largest absolute Gasteiger partial charge is 0.310 e. The maximum absolute atomic E-state index is 6.43. The minimum Gasteiger partial charge on any atom is -0.310 e. The highest BCUT2D eigenvalue weighted by atomic mass is 35.5. The first-order chi connectivity index (χ1) is 9.90. The summed E-state index contributed by atoms with van der Waals surface area (Å²) in [5, 5.41) is 9.04.